The zero-order valence-corrected chi connectivity index (χ0v) is 9.10. The number of nitrogens with two attached hydrogens (primary N) is 1. The van der Waals surface area contributed by atoms with E-state index in [1.54, 1.807) is 6.20 Å². The maximum Gasteiger partial charge on any atom is 0.230 e. The highest BCUT2D eigenvalue weighted by Crippen LogP contribution is 2.39. The van der Waals surface area contributed by atoms with Crippen LogP contribution in [0, 0.1) is 0 Å². The average molecular weight is 215 g/mol. The number of rotatable bonds is 1. The van der Waals surface area contributed by atoms with Gasteiger partial charge in [0.2, 0.25) is 5.88 Å². The van der Waals surface area contributed by atoms with E-state index < -0.39 is 0 Å². The van der Waals surface area contributed by atoms with Crippen LogP contribution >= 0.6 is 0 Å². The van der Waals surface area contributed by atoms with Gasteiger partial charge >= 0.3 is 0 Å². The minimum atomic E-state index is 0.383. The number of hydrogen-bond acceptors (Lipinski definition) is 4. The molecule has 0 bridgehead atoms. The molecule has 0 aliphatic carbocycles. The van der Waals surface area contributed by atoms with E-state index in [-0.39, 0.29) is 0 Å². The first kappa shape index (κ1) is 9.27. The Hall–Kier alpha value is -1.97. The van der Waals surface area contributed by atoms with E-state index in [4.69, 9.17) is 10.3 Å². The summed E-state index contributed by atoms with van der Waals surface area (Å²) in [7, 11) is 2.10. The van der Waals surface area contributed by atoms with E-state index in [1.807, 2.05) is 0 Å². The van der Waals surface area contributed by atoms with E-state index in [9.17, 15) is 0 Å². The summed E-state index contributed by atoms with van der Waals surface area (Å²) in [4.78, 5) is 2.25. The van der Waals surface area contributed by atoms with Gasteiger partial charge < -0.3 is 15.2 Å². The average Bonchev–Trinajstić information content (AvgIpc) is 2.86. The third-order valence-corrected chi connectivity index (χ3v) is 3.11. The highest BCUT2D eigenvalue weighted by molar-refractivity contribution is 5.86. The normalized spacial score (nSPS) is 14.2. The number of fused-ring (bicyclic) bond motifs is 1. The molecular weight excluding hydrogens is 202 g/mol. The summed E-state index contributed by atoms with van der Waals surface area (Å²) in [5.41, 5.74) is 10.4. The fourth-order valence-corrected chi connectivity index (χ4v) is 2.31. The van der Waals surface area contributed by atoms with Crippen molar-refractivity contribution in [2.45, 2.75) is 6.42 Å². The molecule has 1 aromatic heterocycles. The zero-order chi connectivity index (χ0) is 11.1. The lowest BCUT2D eigenvalue weighted by Gasteiger charge is -2.15. The quantitative estimate of drug-likeness (QED) is 0.789. The lowest BCUT2D eigenvalue weighted by Crippen LogP contribution is -2.13. The summed E-state index contributed by atoms with van der Waals surface area (Å²) in [5.74, 6) is 0.383. The van der Waals surface area contributed by atoms with Crippen molar-refractivity contribution in [2.75, 3.05) is 24.2 Å². The molecule has 0 fully saturated rings. The Morgan fingerprint density at radius 3 is 3.00 bits per heavy atom. The molecule has 0 saturated heterocycles. The molecule has 1 aliphatic heterocycles. The van der Waals surface area contributed by atoms with Gasteiger partial charge in [-0.15, -0.1) is 0 Å². The second kappa shape index (κ2) is 3.27. The molecule has 2 heterocycles. The van der Waals surface area contributed by atoms with E-state index in [1.165, 1.54) is 11.3 Å². The van der Waals surface area contributed by atoms with Crippen molar-refractivity contribution in [3.05, 3.63) is 30.0 Å². The van der Waals surface area contributed by atoms with Gasteiger partial charge in [0, 0.05) is 24.8 Å². The summed E-state index contributed by atoms with van der Waals surface area (Å²) in [6, 6.07) is 6.27. The van der Waals surface area contributed by atoms with Gasteiger partial charge in [0.05, 0.1) is 11.8 Å². The van der Waals surface area contributed by atoms with Gasteiger partial charge in [-0.05, 0) is 12.0 Å². The third kappa shape index (κ3) is 1.19. The van der Waals surface area contributed by atoms with Gasteiger partial charge in [-0.3, -0.25) is 0 Å². The first-order chi connectivity index (χ1) is 7.77. The van der Waals surface area contributed by atoms with Crippen LogP contribution in [0.5, 0.6) is 0 Å². The van der Waals surface area contributed by atoms with Crippen molar-refractivity contribution < 1.29 is 4.52 Å². The molecule has 16 heavy (non-hydrogen) atoms. The Morgan fingerprint density at radius 2 is 2.25 bits per heavy atom. The number of aromatic nitrogens is 1. The maximum atomic E-state index is 5.76. The van der Waals surface area contributed by atoms with E-state index in [0.29, 0.717) is 5.88 Å². The van der Waals surface area contributed by atoms with Crippen molar-refractivity contribution in [1.29, 1.82) is 0 Å². The molecule has 2 aromatic rings. The number of nitrogen functional groups attached to an aromatic ring is 1. The van der Waals surface area contributed by atoms with Crippen LogP contribution in [0.15, 0.2) is 28.9 Å². The van der Waals surface area contributed by atoms with E-state index >= 15 is 0 Å². The Labute approximate surface area is 93.6 Å². The maximum absolute atomic E-state index is 5.76. The first-order valence-electron chi connectivity index (χ1n) is 5.31. The van der Waals surface area contributed by atoms with Gasteiger partial charge in [0.25, 0.3) is 0 Å². The first-order valence-corrected chi connectivity index (χ1v) is 5.31. The number of anilines is 2. The molecule has 1 aromatic carbocycles. The Kier molecular flexibility index (Phi) is 1.89. The van der Waals surface area contributed by atoms with Gasteiger partial charge in [0.15, 0.2) is 0 Å². The van der Waals surface area contributed by atoms with Crippen molar-refractivity contribution in [1.82, 2.24) is 5.16 Å². The van der Waals surface area contributed by atoms with Crippen LogP contribution in [-0.4, -0.2) is 18.7 Å². The summed E-state index contributed by atoms with van der Waals surface area (Å²) in [5, 5.41) is 3.73. The molecule has 0 spiro atoms. The van der Waals surface area contributed by atoms with Gasteiger partial charge in [-0.2, -0.15) is 0 Å². The number of hydrogen-bond donors (Lipinski definition) is 1. The minimum absolute atomic E-state index is 0.383. The number of likely N-dealkylation sites (N-methyl/N-ethyl adjacent to an activating group) is 1. The summed E-state index contributed by atoms with van der Waals surface area (Å²) in [6.45, 7) is 1.05. The Balaban J connectivity index is 2.23. The van der Waals surface area contributed by atoms with Gasteiger partial charge in [-0.25, -0.2) is 0 Å². The zero-order valence-electron chi connectivity index (χ0n) is 9.10. The van der Waals surface area contributed by atoms with Crippen LogP contribution in [0.1, 0.15) is 5.56 Å². The summed E-state index contributed by atoms with van der Waals surface area (Å²) in [6.07, 6.45) is 2.77. The molecule has 0 atom stereocenters. The van der Waals surface area contributed by atoms with Crippen molar-refractivity contribution in [3.8, 4) is 11.1 Å². The highest BCUT2D eigenvalue weighted by atomic mass is 16.5. The fraction of sp³-hybridized carbons (Fsp3) is 0.250. The van der Waals surface area contributed by atoms with Crippen LogP contribution in [0.2, 0.25) is 0 Å². The Bertz CT molecular complexity index is 533. The van der Waals surface area contributed by atoms with Gasteiger partial charge in [0.1, 0.15) is 0 Å². The van der Waals surface area contributed by atoms with Gasteiger partial charge in [-0.1, -0.05) is 23.4 Å². The van der Waals surface area contributed by atoms with Crippen LogP contribution in [0.4, 0.5) is 11.6 Å². The Morgan fingerprint density at radius 1 is 1.38 bits per heavy atom. The van der Waals surface area contributed by atoms with Crippen LogP contribution in [0.25, 0.3) is 11.1 Å². The van der Waals surface area contributed by atoms with Crippen LogP contribution in [0.3, 0.4) is 0 Å². The second-order valence-electron chi connectivity index (χ2n) is 4.09. The minimum Gasteiger partial charge on any atom is -0.374 e. The molecule has 82 valence electrons. The number of nitrogens with zero attached hydrogens (tertiary/aromatic N) is 2. The molecule has 0 unspecified atom stereocenters. The summed E-state index contributed by atoms with van der Waals surface area (Å²) >= 11 is 0. The predicted octanol–water partition coefficient (Wildman–Crippen LogP) is 1.92. The number of benzene rings is 1. The second-order valence-corrected chi connectivity index (χ2v) is 4.09. The smallest absolute Gasteiger partial charge is 0.230 e. The molecule has 0 saturated carbocycles. The number of para-hydroxylation sites is 1. The monoisotopic (exact) mass is 215 g/mol. The molecule has 1 aliphatic rings. The lowest BCUT2D eigenvalue weighted by molar-refractivity contribution is 0.436. The third-order valence-electron chi connectivity index (χ3n) is 3.11. The van der Waals surface area contributed by atoms with Crippen molar-refractivity contribution >= 4 is 11.6 Å². The lowest BCUT2D eigenvalue weighted by atomic mass is 10.0. The standard InChI is InChI=1S/C12H13N3O/c1-15-6-5-8-3-2-4-9(11(8)15)10-7-14-16-12(10)13/h2-4,7H,5-6,13H2,1H3. The molecule has 0 amide bonds. The van der Waals surface area contributed by atoms with Crippen LogP contribution in [-0.2, 0) is 6.42 Å². The molecule has 4 heteroatoms. The van der Waals surface area contributed by atoms with Crippen molar-refractivity contribution in [2.24, 2.45) is 0 Å². The van der Waals surface area contributed by atoms with Crippen LogP contribution < -0.4 is 10.6 Å². The SMILES string of the molecule is CN1CCc2cccc(-c3cnoc3N)c21. The predicted molar refractivity (Wildman–Crippen MR) is 63.3 cm³/mol. The van der Waals surface area contributed by atoms with E-state index in [2.05, 4.69) is 35.3 Å². The van der Waals surface area contributed by atoms with Crippen molar-refractivity contribution in [3.63, 3.8) is 0 Å². The molecule has 2 N–H and O–H groups in total. The topological polar surface area (TPSA) is 55.3 Å². The summed E-state index contributed by atoms with van der Waals surface area (Å²) < 4.78 is 4.92. The molecule has 4 nitrogen and oxygen atoms in total. The largest absolute Gasteiger partial charge is 0.374 e. The highest BCUT2D eigenvalue weighted by Gasteiger charge is 2.21. The molecular formula is C12H13N3O. The molecule has 3 rings (SSSR count). The fourth-order valence-electron chi connectivity index (χ4n) is 2.31. The van der Waals surface area contributed by atoms with E-state index in [0.717, 1.165) is 24.1 Å². The molecule has 0 radical (unpaired) electrons.